The summed E-state index contributed by atoms with van der Waals surface area (Å²) < 4.78 is 0. The lowest BCUT2D eigenvalue weighted by Gasteiger charge is -1.98. The second-order valence-electron chi connectivity index (χ2n) is 3.86. The molecule has 0 atom stereocenters. The van der Waals surface area contributed by atoms with Crippen LogP contribution in [0.3, 0.4) is 0 Å². The van der Waals surface area contributed by atoms with E-state index in [1.165, 1.54) is 5.57 Å². The van der Waals surface area contributed by atoms with Gasteiger partial charge < -0.3 is 0 Å². The molecule has 0 saturated carbocycles. The fourth-order valence-electron chi connectivity index (χ4n) is 1.10. The molecule has 0 aromatic rings. The standard InChI is InChI=1S/C13H20O/c1-10(2)8-6-7-9-12(5)13(14)11(3)4/h8-9H,3,6-7H2,1-2,4-5H3/b12-9+. The highest BCUT2D eigenvalue weighted by molar-refractivity contribution is 6.06. The third-order valence-corrected chi connectivity index (χ3v) is 1.92. The first-order chi connectivity index (χ1) is 6.45. The summed E-state index contributed by atoms with van der Waals surface area (Å²) in [7, 11) is 0. The Morgan fingerprint density at radius 3 is 2.00 bits per heavy atom. The quantitative estimate of drug-likeness (QED) is 0.367. The first-order valence-electron chi connectivity index (χ1n) is 4.95. The number of allylic oxidation sites excluding steroid dienone is 5. The fourth-order valence-corrected chi connectivity index (χ4v) is 1.10. The van der Waals surface area contributed by atoms with Crippen molar-refractivity contribution in [2.45, 2.75) is 40.5 Å². The van der Waals surface area contributed by atoms with Gasteiger partial charge in [0.25, 0.3) is 0 Å². The smallest absolute Gasteiger partial charge is 0.183 e. The second kappa shape index (κ2) is 6.36. The van der Waals surface area contributed by atoms with Crippen molar-refractivity contribution >= 4 is 5.78 Å². The largest absolute Gasteiger partial charge is 0.289 e. The maximum absolute atomic E-state index is 11.4. The summed E-state index contributed by atoms with van der Waals surface area (Å²) in [5, 5.41) is 0. The van der Waals surface area contributed by atoms with E-state index in [0.29, 0.717) is 5.57 Å². The van der Waals surface area contributed by atoms with E-state index in [1.54, 1.807) is 6.92 Å². The van der Waals surface area contributed by atoms with E-state index in [9.17, 15) is 4.79 Å². The molecule has 0 aliphatic rings. The Hall–Kier alpha value is -1.11. The molecule has 0 spiro atoms. The van der Waals surface area contributed by atoms with Crippen molar-refractivity contribution in [2.24, 2.45) is 0 Å². The van der Waals surface area contributed by atoms with Crippen molar-refractivity contribution < 1.29 is 4.79 Å². The lowest BCUT2D eigenvalue weighted by Crippen LogP contribution is -1.99. The Morgan fingerprint density at radius 2 is 1.57 bits per heavy atom. The van der Waals surface area contributed by atoms with Crippen LogP contribution in [-0.2, 0) is 4.79 Å². The summed E-state index contributed by atoms with van der Waals surface area (Å²) in [5.74, 6) is 0.0715. The third kappa shape index (κ3) is 5.52. The van der Waals surface area contributed by atoms with Crippen LogP contribution in [-0.4, -0.2) is 5.78 Å². The van der Waals surface area contributed by atoms with Gasteiger partial charge in [-0.2, -0.15) is 0 Å². The first-order valence-corrected chi connectivity index (χ1v) is 4.95. The van der Waals surface area contributed by atoms with Crippen LogP contribution in [0.2, 0.25) is 0 Å². The number of ketones is 1. The molecule has 0 heterocycles. The van der Waals surface area contributed by atoms with Gasteiger partial charge in [0, 0.05) is 0 Å². The minimum Gasteiger partial charge on any atom is -0.289 e. The zero-order chi connectivity index (χ0) is 11.1. The van der Waals surface area contributed by atoms with E-state index in [2.05, 4.69) is 26.5 Å². The molecule has 0 aliphatic heterocycles. The predicted molar refractivity (Wildman–Crippen MR) is 62.2 cm³/mol. The van der Waals surface area contributed by atoms with Crippen LogP contribution in [0.1, 0.15) is 40.5 Å². The van der Waals surface area contributed by atoms with Crippen LogP contribution < -0.4 is 0 Å². The molecule has 78 valence electrons. The minimum absolute atomic E-state index is 0.0715. The summed E-state index contributed by atoms with van der Waals surface area (Å²) in [6, 6.07) is 0. The number of unbranched alkanes of at least 4 members (excludes halogenated alkanes) is 1. The Balaban J connectivity index is 4.07. The van der Waals surface area contributed by atoms with Gasteiger partial charge >= 0.3 is 0 Å². The number of rotatable bonds is 5. The summed E-state index contributed by atoms with van der Waals surface area (Å²) in [6.07, 6.45) is 6.09. The van der Waals surface area contributed by atoms with Crippen LogP contribution in [0.5, 0.6) is 0 Å². The van der Waals surface area contributed by atoms with E-state index in [1.807, 2.05) is 13.0 Å². The highest BCUT2D eigenvalue weighted by Gasteiger charge is 2.02. The van der Waals surface area contributed by atoms with Gasteiger partial charge in [-0.1, -0.05) is 24.3 Å². The van der Waals surface area contributed by atoms with Crippen molar-refractivity contribution in [1.29, 1.82) is 0 Å². The third-order valence-electron chi connectivity index (χ3n) is 1.92. The SMILES string of the molecule is C=C(C)C(=O)/C(C)=C/CCC=C(C)C. The molecule has 0 fully saturated rings. The molecule has 0 N–H and O–H groups in total. The summed E-state index contributed by atoms with van der Waals surface area (Å²) >= 11 is 0. The normalized spacial score (nSPS) is 11.0. The minimum atomic E-state index is 0.0715. The van der Waals surface area contributed by atoms with Crippen molar-refractivity contribution in [3.05, 3.63) is 35.5 Å². The van der Waals surface area contributed by atoms with E-state index in [-0.39, 0.29) is 5.78 Å². The van der Waals surface area contributed by atoms with Crippen molar-refractivity contribution in [3.8, 4) is 0 Å². The Bertz CT molecular complexity index is 276. The van der Waals surface area contributed by atoms with Gasteiger partial charge in [0.05, 0.1) is 0 Å². The maximum atomic E-state index is 11.4. The molecule has 0 aromatic carbocycles. The fraction of sp³-hybridized carbons (Fsp3) is 0.462. The molecule has 14 heavy (non-hydrogen) atoms. The molecule has 0 aliphatic carbocycles. The summed E-state index contributed by atoms with van der Waals surface area (Å²) in [6.45, 7) is 11.4. The molecule has 0 bridgehead atoms. The lowest BCUT2D eigenvalue weighted by molar-refractivity contribution is -0.112. The Labute approximate surface area is 87.2 Å². The van der Waals surface area contributed by atoms with E-state index >= 15 is 0 Å². The highest BCUT2D eigenvalue weighted by Crippen LogP contribution is 2.06. The molecule has 0 amide bonds. The number of hydrogen-bond donors (Lipinski definition) is 0. The second-order valence-corrected chi connectivity index (χ2v) is 3.86. The number of hydrogen-bond acceptors (Lipinski definition) is 1. The van der Waals surface area contributed by atoms with Gasteiger partial charge in [0.2, 0.25) is 0 Å². The van der Waals surface area contributed by atoms with Crippen molar-refractivity contribution in [3.63, 3.8) is 0 Å². The average Bonchev–Trinajstić information content (AvgIpc) is 2.10. The van der Waals surface area contributed by atoms with Crippen LogP contribution in [0.4, 0.5) is 0 Å². The predicted octanol–water partition coefficient (Wildman–Crippen LogP) is 3.82. The maximum Gasteiger partial charge on any atom is 0.183 e. The zero-order valence-electron chi connectivity index (χ0n) is 9.68. The van der Waals surface area contributed by atoms with E-state index in [0.717, 1.165) is 18.4 Å². The van der Waals surface area contributed by atoms with Gasteiger partial charge in [-0.3, -0.25) is 4.79 Å². The summed E-state index contributed by atoms with van der Waals surface area (Å²) in [5.41, 5.74) is 2.74. The van der Waals surface area contributed by atoms with Crippen LogP contribution in [0, 0.1) is 0 Å². The molecule has 0 aromatic heterocycles. The van der Waals surface area contributed by atoms with Gasteiger partial charge in [-0.05, 0) is 51.7 Å². The van der Waals surface area contributed by atoms with Crippen molar-refractivity contribution in [2.75, 3.05) is 0 Å². The number of carbonyl (C=O) groups excluding carboxylic acids is 1. The van der Waals surface area contributed by atoms with Crippen LogP contribution in [0.15, 0.2) is 35.5 Å². The molecule has 0 saturated heterocycles. The zero-order valence-corrected chi connectivity index (χ0v) is 9.68. The average molecular weight is 192 g/mol. The summed E-state index contributed by atoms with van der Waals surface area (Å²) in [4.78, 5) is 11.4. The molecule has 0 rings (SSSR count). The van der Waals surface area contributed by atoms with Gasteiger partial charge in [-0.15, -0.1) is 0 Å². The van der Waals surface area contributed by atoms with Gasteiger partial charge in [-0.25, -0.2) is 0 Å². The topological polar surface area (TPSA) is 17.1 Å². The van der Waals surface area contributed by atoms with Crippen molar-refractivity contribution in [1.82, 2.24) is 0 Å². The molecular weight excluding hydrogens is 172 g/mol. The Morgan fingerprint density at radius 1 is 1.07 bits per heavy atom. The molecule has 1 heteroatoms. The van der Waals surface area contributed by atoms with Gasteiger partial charge in [0.1, 0.15) is 0 Å². The molecule has 0 radical (unpaired) electrons. The number of Topliss-reactive ketones (excluding diaryl/α,β-unsaturated/α-hetero) is 1. The van der Waals surface area contributed by atoms with Gasteiger partial charge in [0.15, 0.2) is 5.78 Å². The first kappa shape index (κ1) is 12.9. The molecule has 1 nitrogen and oxygen atoms in total. The Kier molecular flexibility index (Phi) is 5.86. The monoisotopic (exact) mass is 192 g/mol. The molecular formula is C13H20O. The molecule has 0 unspecified atom stereocenters. The number of carbonyl (C=O) groups is 1. The van der Waals surface area contributed by atoms with E-state index < -0.39 is 0 Å². The van der Waals surface area contributed by atoms with E-state index in [4.69, 9.17) is 0 Å². The van der Waals surface area contributed by atoms with Crippen LogP contribution in [0.25, 0.3) is 0 Å². The van der Waals surface area contributed by atoms with Crippen LogP contribution >= 0.6 is 0 Å². The lowest BCUT2D eigenvalue weighted by atomic mass is 10.1. The highest BCUT2D eigenvalue weighted by atomic mass is 16.1.